The van der Waals surface area contributed by atoms with E-state index >= 15 is 0 Å². The average Bonchev–Trinajstić information content (AvgIpc) is 2.78. The minimum absolute atomic E-state index is 0.131. The standard InChI is InChI=1S/C25H35N3O4S/c1-6-21-12-14-23(15-13-21)28(33(5,31)32)16-8-11-24(29)27(20(3)25(30)26-4)18-22-10-7-9-19(2)17-22/h7,9-10,12-15,17,20H,6,8,11,16,18H2,1-5H3,(H,26,30)/t20-/m1/s1. The maximum atomic E-state index is 13.1. The number of carbonyl (C=O) groups excluding carboxylic acids is 2. The number of aryl methyl sites for hydroxylation is 2. The van der Waals surface area contributed by atoms with Gasteiger partial charge in [0, 0.05) is 26.6 Å². The first kappa shape index (κ1) is 26.4. The number of rotatable bonds is 11. The van der Waals surface area contributed by atoms with Crippen molar-refractivity contribution < 1.29 is 18.0 Å². The highest BCUT2D eigenvalue weighted by atomic mass is 32.2. The molecule has 0 aliphatic carbocycles. The molecule has 1 N–H and O–H groups in total. The van der Waals surface area contributed by atoms with Crippen LogP contribution in [0, 0.1) is 6.92 Å². The van der Waals surface area contributed by atoms with Crippen molar-refractivity contribution in [2.24, 2.45) is 0 Å². The Labute approximate surface area is 197 Å². The normalized spacial score (nSPS) is 12.2. The summed E-state index contributed by atoms with van der Waals surface area (Å²) >= 11 is 0. The van der Waals surface area contributed by atoms with E-state index in [-0.39, 0.29) is 24.8 Å². The van der Waals surface area contributed by atoms with E-state index in [0.29, 0.717) is 18.7 Å². The summed E-state index contributed by atoms with van der Waals surface area (Å²) in [6.07, 6.45) is 2.51. The van der Waals surface area contributed by atoms with Crippen LogP contribution in [0.25, 0.3) is 0 Å². The zero-order valence-corrected chi connectivity index (χ0v) is 21.0. The number of hydrogen-bond acceptors (Lipinski definition) is 4. The van der Waals surface area contributed by atoms with Crippen LogP contribution in [0.5, 0.6) is 0 Å². The Kier molecular flexibility index (Phi) is 9.46. The van der Waals surface area contributed by atoms with Crippen LogP contribution in [0.4, 0.5) is 5.69 Å². The minimum atomic E-state index is -3.50. The molecule has 0 saturated heterocycles. The van der Waals surface area contributed by atoms with Crippen molar-refractivity contribution in [3.63, 3.8) is 0 Å². The minimum Gasteiger partial charge on any atom is -0.357 e. The molecule has 33 heavy (non-hydrogen) atoms. The van der Waals surface area contributed by atoms with E-state index in [0.717, 1.165) is 23.1 Å². The van der Waals surface area contributed by atoms with E-state index in [2.05, 4.69) is 5.32 Å². The summed E-state index contributed by atoms with van der Waals surface area (Å²) in [5.74, 6) is -0.438. The average molecular weight is 474 g/mol. The summed E-state index contributed by atoms with van der Waals surface area (Å²) < 4.78 is 26.1. The number of amides is 2. The monoisotopic (exact) mass is 473 g/mol. The molecular formula is C25H35N3O4S. The molecule has 2 aromatic carbocycles. The molecule has 0 spiro atoms. The maximum absolute atomic E-state index is 13.1. The number of hydrogen-bond donors (Lipinski definition) is 1. The third-order valence-electron chi connectivity index (χ3n) is 5.63. The molecule has 180 valence electrons. The molecule has 0 unspecified atom stereocenters. The van der Waals surface area contributed by atoms with Crippen molar-refractivity contribution in [1.82, 2.24) is 10.2 Å². The van der Waals surface area contributed by atoms with Gasteiger partial charge in [0.1, 0.15) is 6.04 Å². The van der Waals surface area contributed by atoms with Gasteiger partial charge in [-0.05, 0) is 49.9 Å². The van der Waals surface area contributed by atoms with Gasteiger partial charge in [-0.1, -0.05) is 48.9 Å². The van der Waals surface area contributed by atoms with Gasteiger partial charge < -0.3 is 10.2 Å². The van der Waals surface area contributed by atoms with Gasteiger partial charge in [-0.2, -0.15) is 0 Å². The van der Waals surface area contributed by atoms with E-state index in [1.165, 1.54) is 10.6 Å². The molecule has 2 rings (SSSR count). The van der Waals surface area contributed by atoms with Crippen LogP contribution in [0.1, 0.15) is 43.4 Å². The van der Waals surface area contributed by atoms with Gasteiger partial charge >= 0.3 is 0 Å². The molecular weight excluding hydrogens is 438 g/mol. The topological polar surface area (TPSA) is 86.8 Å². The first-order chi connectivity index (χ1) is 15.6. The Morgan fingerprint density at radius 1 is 1.06 bits per heavy atom. The number of benzene rings is 2. The molecule has 0 bridgehead atoms. The van der Waals surface area contributed by atoms with Crippen LogP contribution in [-0.2, 0) is 32.6 Å². The molecule has 0 aromatic heterocycles. The van der Waals surface area contributed by atoms with Crippen molar-refractivity contribution >= 4 is 27.5 Å². The van der Waals surface area contributed by atoms with Gasteiger partial charge in [0.15, 0.2) is 0 Å². The largest absolute Gasteiger partial charge is 0.357 e. The lowest BCUT2D eigenvalue weighted by Crippen LogP contribution is -2.46. The molecule has 0 aliphatic rings. The lowest BCUT2D eigenvalue weighted by Gasteiger charge is -2.29. The Morgan fingerprint density at radius 2 is 1.73 bits per heavy atom. The van der Waals surface area contributed by atoms with Crippen LogP contribution in [0.3, 0.4) is 0 Å². The second-order valence-electron chi connectivity index (χ2n) is 8.26. The Hall–Kier alpha value is -2.87. The second kappa shape index (κ2) is 11.8. The fourth-order valence-corrected chi connectivity index (χ4v) is 4.67. The number of carbonyl (C=O) groups is 2. The SMILES string of the molecule is CCc1ccc(N(CCCC(=O)N(Cc2cccc(C)c2)[C@H](C)C(=O)NC)S(C)(=O)=O)cc1. The molecule has 7 nitrogen and oxygen atoms in total. The fraction of sp³-hybridized carbons (Fsp3) is 0.440. The molecule has 2 amide bonds. The molecule has 0 aliphatic heterocycles. The van der Waals surface area contributed by atoms with E-state index in [1.807, 2.05) is 50.2 Å². The quantitative estimate of drug-likeness (QED) is 0.543. The third-order valence-corrected chi connectivity index (χ3v) is 6.83. The van der Waals surface area contributed by atoms with Crippen molar-refractivity contribution in [3.05, 3.63) is 65.2 Å². The van der Waals surface area contributed by atoms with E-state index in [1.54, 1.807) is 31.0 Å². The van der Waals surface area contributed by atoms with Crippen LogP contribution in [0.15, 0.2) is 48.5 Å². The highest BCUT2D eigenvalue weighted by Gasteiger charge is 2.26. The molecule has 8 heteroatoms. The van der Waals surface area contributed by atoms with Gasteiger partial charge in [-0.15, -0.1) is 0 Å². The number of sulfonamides is 1. The number of nitrogens with one attached hydrogen (secondary N) is 1. The zero-order chi connectivity index (χ0) is 24.6. The fourth-order valence-electron chi connectivity index (χ4n) is 3.70. The summed E-state index contributed by atoms with van der Waals surface area (Å²) in [4.78, 5) is 26.9. The highest BCUT2D eigenvalue weighted by Crippen LogP contribution is 2.20. The van der Waals surface area contributed by atoms with Crippen LogP contribution < -0.4 is 9.62 Å². The smallest absolute Gasteiger partial charge is 0.242 e. The Balaban J connectivity index is 2.13. The van der Waals surface area contributed by atoms with Gasteiger partial charge in [-0.25, -0.2) is 8.42 Å². The molecule has 2 aromatic rings. The lowest BCUT2D eigenvalue weighted by atomic mass is 10.1. The second-order valence-corrected chi connectivity index (χ2v) is 10.2. The predicted molar refractivity (Wildman–Crippen MR) is 133 cm³/mol. The summed E-state index contributed by atoms with van der Waals surface area (Å²) in [7, 11) is -1.95. The van der Waals surface area contributed by atoms with E-state index in [9.17, 15) is 18.0 Å². The van der Waals surface area contributed by atoms with Crippen molar-refractivity contribution in [3.8, 4) is 0 Å². The van der Waals surface area contributed by atoms with Crippen LogP contribution >= 0.6 is 0 Å². The lowest BCUT2D eigenvalue weighted by molar-refractivity contribution is -0.140. The first-order valence-electron chi connectivity index (χ1n) is 11.2. The molecule has 0 radical (unpaired) electrons. The van der Waals surface area contributed by atoms with Crippen LogP contribution in [-0.4, -0.2) is 51.0 Å². The van der Waals surface area contributed by atoms with Crippen molar-refractivity contribution in [1.29, 1.82) is 0 Å². The zero-order valence-electron chi connectivity index (χ0n) is 20.2. The van der Waals surface area contributed by atoms with Gasteiger partial charge in [0.25, 0.3) is 0 Å². The summed E-state index contributed by atoms with van der Waals surface area (Å²) in [5.41, 5.74) is 3.72. The summed E-state index contributed by atoms with van der Waals surface area (Å²) in [5, 5.41) is 2.60. The van der Waals surface area contributed by atoms with Gasteiger partial charge in [-0.3, -0.25) is 13.9 Å². The molecule has 0 saturated carbocycles. The van der Waals surface area contributed by atoms with Gasteiger partial charge in [0.2, 0.25) is 21.8 Å². The first-order valence-corrected chi connectivity index (χ1v) is 13.0. The van der Waals surface area contributed by atoms with Crippen LogP contribution in [0.2, 0.25) is 0 Å². The number of nitrogens with zero attached hydrogens (tertiary/aromatic N) is 2. The van der Waals surface area contributed by atoms with Crippen molar-refractivity contribution in [2.75, 3.05) is 24.2 Å². The number of likely N-dealkylation sites (N-methyl/N-ethyl adjacent to an activating group) is 1. The Bertz CT molecular complexity index is 1050. The van der Waals surface area contributed by atoms with E-state index in [4.69, 9.17) is 0 Å². The predicted octanol–water partition coefficient (Wildman–Crippen LogP) is 3.27. The number of anilines is 1. The van der Waals surface area contributed by atoms with Gasteiger partial charge in [0.05, 0.1) is 11.9 Å². The molecule has 1 atom stereocenters. The summed E-state index contributed by atoms with van der Waals surface area (Å²) in [6, 6.07) is 14.6. The maximum Gasteiger partial charge on any atom is 0.242 e. The molecule has 0 heterocycles. The van der Waals surface area contributed by atoms with Crippen molar-refractivity contribution in [2.45, 2.75) is 52.6 Å². The molecule has 0 fully saturated rings. The highest BCUT2D eigenvalue weighted by molar-refractivity contribution is 7.92. The van der Waals surface area contributed by atoms with E-state index < -0.39 is 16.1 Å². The third kappa shape index (κ3) is 7.60. The Morgan fingerprint density at radius 3 is 2.27 bits per heavy atom. The summed E-state index contributed by atoms with van der Waals surface area (Å²) in [6.45, 7) is 6.21.